The maximum Gasteiger partial charge on any atom is 0.307 e. The van der Waals surface area contributed by atoms with Crippen LogP contribution in [0.15, 0.2) is 48.5 Å². The smallest absolute Gasteiger partial charge is 0.307 e. The molecule has 1 heterocycles. The summed E-state index contributed by atoms with van der Waals surface area (Å²) in [4.78, 5) is 46.2. The monoisotopic (exact) mass is 444 g/mol. The van der Waals surface area contributed by atoms with Crippen molar-refractivity contribution < 1.29 is 24.5 Å². The van der Waals surface area contributed by atoms with E-state index in [9.17, 15) is 29.8 Å². The lowest BCUT2D eigenvalue weighted by molar-refractivity contribution is -0.385. The van der Waals surface area contributed by atoms with Gasteiger partial charge in [-0.1, -0.05) is 24.3 Å². The molecular weight excluding hydrogens is 420 g/mol. The highest BCUT2D eigenvalue weighted by atomic mass is 16.6. The second kappa shape index (κ2) is 11.5. The Morgan fingerprint density at radius 2 is 1.22 bits per heavy atom. The summed E-state index contributed by atoms with van der Waals surface area (Å²) in [6.07, 6.45) is 0.194. The average Bonchev–Trinajstić information content (AvgIpc) is 2.75. The number of rotatable bonds is 6. The molecule has 1 fully saturated rings. The second-order valence-corrected chi connectivity index (χ2v) is 7.28. The van der Waals surface area contributed by atoms with E-state index in [1.165, 1.54) is 36.4 Å². The van der Waals surface area contributed by atoms with Crippen LogP contribution >= 0.6 is 0 Å². The number of piperazine rings is 1. The van der Waals surface area contributed by atoms with Crippen molar-refractivity contribution in [2.75, 3.05) is 33.2 Å². The van der Waals surface area contributed by atoms with Gasteiger partial charge in [-0.3, -0.25) is 29.8 Å². The number of nitro groups is 2. The largest absolute Gasteiger partial charge is 0.481 e. The van der Waals surface area contributed by atoms with E-state index in [4.69, 9.17) is 5.11 Å². The van der Waals surface area contributed by atoms with Crippen molar-refractivity contribution in [3.8, 4) is 0 Å². The minimum absolute atomic E-state index is 0.0332. The summed E-state index contributed by atoms with van der Waals surface area (Å²) in [6, 6.07) is 11.6. The van der Waals surface area contributed by atoms with E-state index in [-0.39, 0.29) is 23.7 Å². The molecule has 11 nitrogen and oxygen atoms in total. The van der Waals surface area contributed by atoms with Crippen LogP contribution in [-0.2, 0) is 22.4 Å². The van der Waals surface area contributed by atoms with Crippen LogP contribution in [0, 0.1) is 20.2 Å². The molecule has 0 saturated carbocycles. The van der Waals surface area contributed by atoms with Gasteiger partial charge in [0.25, 0.3) is 11.4 Å². The van der Waals surface area contributed by atoms with Gasteiger partial charge in [-0.15, -0.1) is 0 Å². The fourth-order valence-electron chi connectivity index (χ4n) is 2.99. The number of carbonyl (C=O) groups is 2. The molecule has 11 heteroatoms. The normalized spacial score (nSPS) is 13.6. The molecule has 170 valence electrons. The van der Waals surface area contributed by atoms with E-state index in [1.54, 1.807) is 12.1 Å². The highest BCUT2D eigenvalue weighted by molar-refractivity contribution is 5.79. The van der Waals surface area contributed by atoms with Crippen LogP contribution in [0.5, 0.6) is 0 Å². The SMILES string of the molecule is CN1CCN(C(=O)Cc2ccc([N+](=O)[O-])cc2)CC1.O=C(O)Cc1ccc([N+](=O)[O-])cc1. The highest BCUT2D eigenvalue weighted by Crippen LogP contribution is 2.14. The van der Waals surface area contributed by atoms with Crippen LogP contribution in [-0.4, -0.2) is 69.9 Å². The third-order valence-corrected chi connectivity index (χ3v) is 4.86. The van der Waals surface area contributed by atoms with Crippen molar-refractivity contribution in [3.63, 3.8) is 0 Å². The summed E-state index contributed by atoms with van der Waals surface area (Å²) in [5.41, 5.74) is 1.39. The van der Waals surface area contributed by atoms with Gasteiger partial charge in [0.15, 0.2) is 0 Å². The zero-order valence-corrected chi connectivity index (χ0v) is 17.5. The van der Waals surface area contributed by atoms with E-state index < -0.39 is 15.8 Å². The Kier molecular flexibility index (Phi) is 8.78. The molecule has 1 aliphatic rings. The van der Waals surface area contributed by atoms with E-state index in [0.717, 1.165) is 31.7 Å². The summed E-state index contributed by atoms with van der Waals surface area (Å²) in [5, 5.41) is 29.2. The molecule has 3 rings (SSSR count). The zero-order valence-electron chi connectivity index (χ0n) is 17.5. The Hall–Kier alpha value is -3.86. The van der Waals surface area contributed by atoms with Crippen molar-refractivity contribution in [1.29, 1.82) is 0 Å². The molecule has 1 aliphatic heterocycles. The van der Waals surface area contributed by atoms with Crippen LogP contribution in [0.25, 0.3) is 0 Å². The van der Waals surface area contributed by atoms with E-state index in [1.807, 2.05) is 11.9 Å². The van der Waals surface area contributed by atoms with Crippen LogP contribution in [0.3, 0.4) is 0 Å². The third kappa shape index (κ3) is 7.76. The Morgan fingerprint density at radius 3 is 1.59 bits per heavy atom. The predicted octanol–water partition coefficient (Wildman–Crippen LogP) is 2.13. The number of carbonyl (C=O) groups excluding carboxylic acids is 1. The van der Waals surface area contributed by atoms with Gasteiger partial charge < -0.3 is 14.9 Å². The topological polar surface area (TPSA) is 147 Å². The maximum absolute atomic E-state index is 12.1. The lowest BCUT2D eigenvalue weighted by atomic mass is 10.1. The molecule has 0 aromatic heterocycles. The highest BCUT2D eigenvalue weighted by Gasteiger charge is 2.19. The maximum atomic E-state index is 12.1. The number of hydrogen-bond acceptors (Lipinski definition) is 7. The van der Waals surface area contributed by atoms with Gasteiger partial charge in [-0.05, 0) is 18.2 Å². The number of aliphatic carboxylic acids is 1. The Balaban J connectivity index is 0.000000244. The van der Waals surface area contributed by atoms with Crippen LogP contribution in [0.4, 0.5) is 11.4 Å². The van der Waals surface area contributed by atoms with Crippen LogP contribution in [0.1, 0.15) is 11.1 Å². The van der Waals surface area contributed by atoms with E-state index >= 15 is 0 Å². The third-order valence-electron chi connectivity index (χ3n) is 4.86. The summed E-state index contributed by atoms with van der Waals surface area (Å²) in [7, 11) is 2.04. The molecule has 0 aliphatic carbocycles. The lowest BCUT2D eigenvalue weighted by Crippen LogP contribution is -2.47. The molecule has 1 saturated heterocycles. The second-order valence-electron chi connectivity index (χ2n) is 7.28. The van der Waals surface area contributed by atoms with Crippen molar-refractivity contribution in [2.24, 2.45) is 0 Å². The van der Waals surface area contributed by atoms with Crippen molar-refractivity contribution in [1.82, 2.24) is 9.80 Å². The van der Waals surface area contributed by atoms with Gasteiger partial charge in [0.05, 0.1) is 22.7 Å². The van der Waals surface area contributed by atoms with Gasteiger partial charge in [-0.25, -0.2) is 0 Å². The molecule has 1 N–H and O–H groups in total. The van der Waals surface area contributed by atoms with Crippen LogP contribution < -0.4 is 0 Å². The molecular formula is C21H24N4O7. The fourth-order valence-corrected chi connectivity index (χ4v) is 2.99. The van der Waals surface area contributed by atoms with E-state index in [2.05, 4.69) is 4.90 Å². The molecule has 2 aromatic carbocycles. The summed E-state index contributed by atoms with van der Waals surface area (Å²) >= 11 is 0. The first-order valence-electron chi connectivity index (χ1n) is 9.80. The molecule has 32 heavy (non-hydrogen) atoms. The van der Waals surface area contributed by atoms with Gasteiger partial charge in [-0.2, -0.15) is 0 Å². The van der Waals surface area contributed by atoms with E-state index in [0.29, 0.717) is 12.0 Å². The summed E-state index contributed by atoms with van der Waals surface area (Å²) < 4.78 is 0. The number of carboxylic acids is 1. The molecule has 1 amide bonds. The number of amides is 1. The Labute approximate surface area is 184 Å². The zero-order chi connectivity index (χ0) is 23.7. The molecule has 2 aromatic rings. The number of benzene rings is 2. The molecule has 0 spiro atoms. The van der Waals surface area contributed by atoms with Crippen molar-refractivity contribution in [3.05, 3.63) is 79.9 Å². The lowest BCUT2D eigenvalue weighted by Gasteiger charge is -2.32. The Bertz CT molecular complexity index is 953. The Morgan fingerprint density at radius 1 is 0.812 bits per heavy atom. The fraction of sp³-hybridized carbons (Fsp3) is 0.333. The number of carboxylic acid groups (broad SMARTS) is 1. The van der Waals surface area contributed by atoms with Gasteiger partial charge in [0.2, 0.25) is 5.91 Å². The first-order valence-corrected chi connectivity index (χ1v) is 9.80. The molecule has 0 bridgehead atoms. The molecule has 0 radical (unpaired) electrons. The first kappa shape index (κ1) is 24.4. The predicted molar refractivity (Wildman–Crippen MR) is 115 cm³/mol. The molecule has 0 atom stereocenters. The minimum atomic E-state index is -0.950. The number of nitro benzene ring substituents is 2. The quantitative estimate of drug-likeness (QED) is 0.526. The van der Waals surface area contributed by atoms with Gasteiger partial charge in [0.1, 0.15) is 0 Å². The van der Waals surface area contributed by atoms with Crippen molar-refractivity contribution >= 4 is 23.3 Å². The summed E-state index contributed by atoms with van der Waals surface area (Å²) in [5.74, 6) is -0.865. The number of likely N-dealkylation sites (N-methyl/N-ethyl adjacent to an activating group) is 1. The van der Waals surface area contributed by atoms with Crippen LogP contribution in [0.2, 0.25) is 0 Å². The summed E-state index contributed by atoms with van der Waals surface area (Å²) in [6.45, 7) is 3.29. The molecule has 0 unspecified atom stereocenters. The minimum Gasteiger partial charge on any atom is -0.481 e. The standard InChI is InChI=1S/C13H17N3O3.C8H7NO4/c1-14-6-8-15(9-7-14)13(17)10-11-2-4-12(5-3-11)16(18)19;10-8(11)5-6-1-3-7(4-2-6)9(12)13/h2-5H,6-10H2,1H3;1-4H,5H2,(H,10,11). The number of nitrogens with zero attached hydrogens (tertiary/aromatic N) is 4. The number of hydrogen-bond donors (Lipinski definition) is 1. The van der Waals surface area contributed by atoms with Gasteiger partial charge >= 0.3 is 5.97 Å². The first-order chi connectivity index (χ1) is 15.2. The number of non-ortho nitro benzene ring substituents is 2. The van der Waals surface area contributed by atoms with Crippen molar-refractivity contribution in [2.45, 2.75) is 12.8 Å². The average molecular weight is 444 g/mol. The van der Waals surface area contributed by atoms with Gasteiger partial charge in [0, 0.05) is 50.4 Å².